The number of urea groups is 1. The summed E-state index contributed by atoms with van der Waals surface area (Å²) in [6.07, 6.45) is 2.60. The first-order valence-electron chi connectivity index (χ1n) is 10.4. The Bertz CT molecular complexity index is 1110. The Hall–Kier alpha value is -3.56. The van der Waals surface area contributed by atoms with Crippen molar-refractivity contribution in [2.45, 2.75) is 33.2 Å². The Morgan fingerprint density at radius 2 is 2.06 bits per heavy atom. The van der Waals surface area contributed by atoms with Gasteiger partial charge in [-0.3, -0.25) is 0 Å². The third kappa shape index (κ3) is 3.92. The number of ether oxygens (including phenoxy) is 1. The number of carbonyl (C=O) groups is 1. The number of carbonyl (C=O) groups excluding carboxylic acids is 1. The average molecular weight is 425 g/mol. The Labute approximate surface area is 181 Å². The fourth-order valence-corrected chi connectivity index (χ4v) is 3.93. The molecule has 1 saturated heterocycles. The maximum Gasteiger partial charge on any atom is 0.321 e. The van der Waals surface area contributed by atoms with E-state index in [1.54, 1.807) is 17.8 Å². The Morgan fingerprint density at radius 1 is 1.26 bits per heavy atom. The number of nitrogens with two attached hydrogens (primary N) is 1. The van der Waals surface area contributed by atoms with Crippen LogP contribution < -0.4 is 20.7 Å². The zero-order chi connectivity index (χ0) is 22.1. The SMILES string of the molecule is CC[C@H]1CN(C(=O)Nc2ccc(OC)cc2C)CCN1c1nc(N)nc2c(C)cnn12. The summed E-state index contributed by atoms with van der Waals surface area (Å²) in [6.45, 7) is 7.74. The molecule has 1 aliphatic rings. The molecule has 3 aromatic rings. The number of benzene rings is 1. The smallest absolute Gasteiger partial charge is 0.321 e. The number of hydrogen-bond donors (Lipinski definition) is 2. The van der Waals surface area contributed by atoms with Gasteiger partial charge in [-0.15, -0.1) is 0 Å². The summed E-state index contributed by atoms with van der Waals surface area (Å²) in [7, 11) is 1.63. The summed E-state index contributed by atoms with van der Waals surface area (Å²) in [5.41, 5.74) is 9.34. The van der Waals surface area contributed by atoms with Gasteiger partial charge in [-0.25, -0.2) is 4.79 Å². The first-order valence-corrected chi connectivity index (χ1v) is 10.4. The van der Waals surface area contributed by atoms with Crippen LogP contribution in [0.3, 0.4) is 0 Å². The van der Waals surface area contributed by atoms with E-state index >= 15 is 0 Å². The molecule has 2 aromatic heterocycles. The fourth-order valence-electron chi connectivity index (χ4n) is 3.93. The van der Waals surface area contributed by atoms with Crippen LogP contribution in [0.2, 0.25) is 0 Å². The third-order valence-electron chi connectivity index (χ3n) is 5.72. The summed E-state index contributed by atoms with van der Waals surface area (Å²) in [4.78, 5) is 25.7. The molecular weight excluding hydrogens is 396 g/mol. The summed E-state index contributed by atoms with van der Waals surface area (Å²) >= 11 is 0. The molecule has 3 heterocycles. The first kappa shape index (κ1) is 20.7. The van der Waals surface area contributed by atoms with Gasteiger partial charge in [-0.2, -0.15) is 19.6 Å². The van der Waals surface area contributed by atoms with Crippen molar-refractivity contribution in [2.24, 2.45) is 0 Å². The number of rotatable bonds is 4. The molecule has 0 bridgehead atoms. The Morgan fingerprint density at radius 3 is 2.77 bits per heavy atom. The molecule has 2 amide bonds. The number of amides is 2. The number of aromatic nitrogens is 4. The molecule has 164 valence electrons. The van der Waals surface area contributed by atoms with Crippen molar-refractivity contribution in [3.63, 3.8) is 0 Å². The molecular formula is C21H28N8O2. The zero-order valence-electron chi connectivity index (χ0n) is 18.3. The van der Waals surface area contributed by atoms with E-state index in [2.05, 4.69) is 32.2 Å². The van der Waals surface area contributed by atoms with Crippen LogP contribution in [0.1, 0.15) is 24.5 Å². The predicted octanol–water partition coefficient (Wildman–Crippen LogP) is 2.46. The molecule has 1 atom stereocenters. The highest BCUT2D eigenvalue weighted by Crippen LogP contribution is 2.25. The van der Waals surface area contributed by atoms with E-state index in [1.807, 2.05) is 36.9 Å². The highest BCUT2D eigenvalue weighted by Gasteiger charge is 2.31. The molecule has 4 rings (SSSR count). The lowest BCUT2D eigenvalue weighted by atomic mass is 10.1. The molecule has 1 aromatic carbocycles. The van der Waals surface area contributed by atoms with Gasteiger partial charge >= 0.3 is 6.03 Å². The molecule has 10 nitrogen and oxygen atoms in total. The van der Waals surface area contributed by atoms with Gasteiger partial charge in [0, 0.05) is 36.9 Å². The maximum atomic E-state index is 13.0. The lowest BCUT2D eigenvalue weighted by Crippen LogP contribution is -2.56. The number of methoxy groups -OCH3 is 1. The number of aryl methyl sites for hydroxylation is 2. The van der Waals surface area contributed by atoms with Gasteiger partial charge in [0.1, 0.15) is 5.75 Å². The predicted molar refractivity (Wildman–Crippen MR) is 120 cm³/mol. The van der Waals surface area contributed by atoms with Crippen LogP contribution in [-0.4, -0.2) is 63.3 Å². The van der Waals surface area contributed by atoms with Gasteiger partial charge in [0.2, 0.25) is 11.9 Å². The van der Waals surface area contributed by atoms with Crippen LogP contribution in [0.15, 0.2) is 24.4 Å². The van der Waals surface area contributed by atoms with Crippen molar-refractivity contribution in [3.05, 3.63) is 35.5 Å². The van der Waals surface area contributed by atoms with Gasteiger partial charge in [0.25, 0.3) is 0 Å². The lowest BCUT2D eigenvalue weighted by molar-refractivity contribution is 0.196. The van der Waals surface area contributed by atoms with Crippen LogP contribution in [0.25, 0.3) is 5.65 Å². The van der Waals surface area contributed by atoms with Crippen molar-refractivity contribution in [2.75, 3.05) is 42.7 Å². The maximum absolute atomic E-state index is 13.0. The van der Waals surface area contributed by atoms with Crippen LogP contribution in [0.4, 0.5) is 22.4 Å². The van der Waals surface area contributed by atoms with E-state index in [0.717, 1.165) is 29.0 Å². The molecule has 0 spiro atoms. The Kier molecular flexibility index (Phi) is 5.53. The second-order valence-electron chi connectivity index (χ2n) is 7.76. The molecule has 0 aliphatic carbocycles. The summed E-state index contributed by atoms with van der Waals surface area (Å²) in [5, 5.41) is 7.45. The van der Waals surface area contributed by atoms with Crippen molar-refractivity contribution < 1.29 is 9.53 Å². The van der Waals surface area contributed by atoms with E-state index in [9.17, 15) is 4.79 Å². The van der Waals surface area contributed by atoms with Crippen LogP contribution in [0.5, 0.6) is 5.75 Å². The molecule has 3 N–H and O–H groups in total. The third-order valence-corrected chi connectivity index (χ3v) is 5.72. The summed E-state index contributed by atoms with van der Waals surface area (Å²) in [5.74, 6) is 1.64. The van der Waals surface area contributed by atoms with E-state index < -0.39 is 0 Å². The number of nitrogen functional groups attached to an aromatic ring is 1. The molecule has 31 heavy (non-hydrogen) atoms. The fraction of sp³-hybridized carbons (Fsp3) is 0.429. The molecule has 0 unspecified atom stereocenters. The number of hydrogen-bond acceptors (Lipinski definition) is 7. The summed E-state index contributed by atoms with van der Waals surface area (Å²) < 4.78 is 6.97. The van der Waals surface area contributed by atoms with Crippen LogP contribution in [-0.2, 0) is 0 Å². The van der Waals surface area contributed by atoms with E-state index in [-0.39, 0.29) is 18.0 Å². The van der Waals surface area contributed by atoms with E-state index in [1.165, 1.54) is 0 Å². The van der Waals surface area contributed by atoms with E-state index in [4.69, 9.17) is 10.5 Å². The standard InChI is InChI=1S/C21H28N8O2/c1-5-15-12-27(21(30)24-17-7-6-16(31-4)10-13(17)2)8-9-28(15)20-26-19(22)25-18-14(3)11-23-29(18)20/h6-7,10-11,15H,5,8-9,12H2,1-4H3,(H2,22,25)(H,24,30)/t15-/m0/s1. The Balaban J connectivity index is 1.52. The molecule has 1 fully saturated rings. The van der Waals surface area contributed by atoms with Gasteiger partial charge in [-0.05, 0) is 44.0 Å². The molecule has 1 aliphatic heterocycles. The largest absolute Gasteiger partial charge is 0.497 e. The topological polar surface area (TPSA) is 114 Å². The van der Waals surface area contributed by atoms with Crippen molar-refractivity contribution >= 4 is 29.3 Å². The zero-order valence-corrected chi connectivity index (χ0v) is 18.3. The minimum Gasteiger partial charge on any atom is -0.497 e. The number of nitrogens with zero attached hydrogens (tertiary/aromatic N) is 6. The normalized spacial score (nSPS) is 16.6. The van der Waals surface area contributed by atoms with Gasteiger partial charge in [0.15, 0.2) is 5.65 Å². The molecule has 0 saturated carbocycles. The quantitative estimate of drug-likeness (QED) is 0.661. The minimum atomic E-state index is -0.117. The lowest BCUT2D eigenvalue weighted by Gasteiger charge is -2.41. The number of anilines is 3. The van der Waals surface area contributed by atoms with Crippen molar-refractivity contribution in [1.82, 2.24) is 24.5 Å². The van der Waals surface area contributed by atoms with Gasteiger partial charge < -0.3 is 25.6 Å². The number of nitrogens with one attached hydrogen (secondary N) is 1. The van der Waals surface area contributed by atoms with Crippen LogP contribution >= 0.6 is 0 Å². The van der Waals surface area contributed by atoms with Gasteiger partial charge in [0.05, 0.1) is 13.3 Å². The molecule has 0 radical (unpaired) electrons. The first-order chi connectivity index (χ1) is 14.9. The summed E-state index contributed by atoms with van der Waals surface area (Å²) in [6, 6.07) is 5.57. The minimum absolute atomic E-state index is 0.0819. The van der Waals surface area contributed by atoms with E-state index in [0.29, 0.717) is 31.2 Å². The van der Waals surface area contributed by atoms with Crippen molar-refractivity contribution in [3.8, 4) is 5.75 Å². The van der Waals surface area contributed by atoms with Gasteiger partial charge in [-0.1, -0.05) is 6.92 Å². The van der Waals surface area contributed by atoms with Crippen LogP contribution in [0, 0.1) is 13.8 Å². The second kappa shape index (κ2) is 8.29. The second-order valence-corrected chi connectivity index (χ2v) is 7.76. The number of fused-ring (bicyclic) bond motifs is 1. The highest BCUT2D eigenvalue weighted by molar-refractivity contribution is 5.90. The molecule has 10 heteroatoms. The van der Waals surface area contributed by atoms with Crippen molar-refractivity contribution in [1.29, 1.82) is 0 Å². The number of piperazine rings is 1. The average Bonchev–Trinajstić information content (AvgIpc) is 3.14. The monoisotopic (exact) mass is 424 g/mol. The highest BCUT2D eigenvalue weighted by atomic mass is 16.5.